The molecule has 0 aliphatic heterocycles. The molecule has 0 saturated carbocycles. The number of ether oxygens (including phenoxy) is 2. The molecule has 0 aromatic heterocycles. The van der Waals surface area contributed by atoms with Crippen LogP contribution in [0.15, 0.2) is 52.5 Å². The van der Waals surface area contributed by atoms with Gasteiger partial charge >= 0.3 is 0 Å². The van der Waals surface area contributed by atoms with Crippen LogP contribution < -0.4 is 14.9 Å². The summed E-state index contributed by atoms with van der Waals surface area (Å²) in [6.07, 6.45) is 1.96. The van der Waals surface area contributed by atoms with Crippen LogP contribution in [0.2, 0.25) is 0 Å². The van der Waals surface area contributed by atoms with E-state index in [4.69, 9.17) is 9.47 Å². The minimum absolute atomic E-state index is 0.122. The molecular weight excluding hydrogens is 336 g/mol. The number of nitrogens with zero attached hydrogens (tertiary/aromatic N) is 1. The number of methoxy groups -OCH3 is 2. The predicted octanol–water partition coefficient (Wildman–Crippen LogP) is 3.64. The van der Waals surface area contributed by atoms with E-state index in [9.17, 15) is 4.79 Å². The number of aryl methyl sites for hydroxylation is 1. The lowest BCUT2D eigenvalue weighted by atomic mass is 10.2. The Morgan fingerprint density at radius 3 is 2.60 bits per heavy atom. The topological polar surface area (TPSA) is 59.9 Å². The number of carbonyl (C=O) groups is 1. The molecule has 0 atom stereocenters. The fourth-order valence-electron chi connectivity index (χ4n) is 2.05. The second-order valence-electron chi connectivity index (χ2n) is 5.31. The Kier molecular flexibility index (Phi) is 7.35. The molecule has 0 spiro atoms. The Bertz CT molecular complexity index is 730. The highest BCUT2D eigenvalue weighted by molar-refractivity contribution is 7.99. The van der Waals surface area contributed by atoms with E-state index in [1.165, 1.54) is 5.56 Å². The van der Waals surface area contributed by atoms with Crippen molar-refractivity contribution in [2.24, 2.45) is 5.10 Å². The number of rotatable bonds is 8. The average Bonchev–Trinajstić information content (AvgIpc) is 2.63. The molecule has 0 saturated heterocycles. The smallest absolute Gasteiger partial charge is 0.240 e. The summed E-state index contributed by atoms with van der Waals surface area (Å²) in [4.78, 5) is 13.0. The molecule has 1 N–H and O–H groups in total. The van der Waals surface area contributed by atoms with Crippen molar-refractivity contribution in [3.05, 3.63) is 53.6 Å². The van der Waals surface area contributed by atoms with Crippen LogP contribution in [-0.4, -0.2) is 32.1 Å². The fraction of sp³-hybridized carbons (Fsp3) is 0.263. The van der Waals surface area contributed by atoms with Gasteiger partial charge in [0.1, 0.15) is 11.5 Å². The molecule has 2 rings (SSSR count). The van der Waals surface area contributed by atoms with E-state index in [2.05, 4.69) is 41.7 Å². The maximum Gasteiger partial charge on any atom is 0.240 e. The zero-order chi connectivity index (χ0) is 18.1. The number of hydrazone groups is 1. The second-order valence-corrected chi connectivity index (χ2v) is 6.48. The fourth-order valence-corrected chi connectivity index (χ4v) is 2.90. The van der Waals surface area contributed by atoms with Gasteiger partial charge in [0.15, 0.2) is 0 Å². The van der Waals surface area contributed by atoms with Crippen LogP contribution in [0.3, 0.4) is 0 Å². The van der Waals surface area contributed by atoms with Gasteiger partial charge in [0.25, 0.3) is 0 Å². The van der Waals surface area contributed by atoms with Crippen LogP contribution in [-0.2, 0) is 4.79 Å². The Balaban J connectivity index is 1.79. The molecular formula is C19H22N2O3S. The molecule has 0 aliphatic carbocycles. The lowest BCUT2D eigenvalue weighted by Crippen LogP contribution is -2.17. The molecule has 0 radical (unpaired) electrons. The number of nitrogens with one attached hydrogen (secondary N) is 1. The third-order valence-corrected chi connectivity index (χ3v) is 4.47. The van der Waals surface area contributed by atoms with Crippen LogP contribution in [0, 0.1) is 6.92 Å². The number of carbonyl (C=O) groups excluding carboxylic acids is 1. The standard InChI is InChI=1S/C19H22N2O3S/c1-14-4-8-17(9-5-14)25-11-10-19(22)21-20-13-15-6-7-16(23-2)12-18(15)24-3/h4-9,12-13H,10-11H2,1-3H3,(H,21,22)/b20-13-. The van der Waals surface area contributed by atoms with Crippen molar-refractivity contribution in [3.8, 4) is 11.5 Å². The zero-order valence-corrected chi connectivity index (χ0v) is 15.4. The van der Waals surface area contributed by atoms with Gasteiger partial charge < -0.3 is 9.47 Å². The third-order valence-electron chi connectivity index (χ3n) is 3.45. The summed E-state index contributed by atoms with van der Waals surface area (Å²) >= 11 is 1.65. The lowest BCUT2D eigenvalue weighted by Gasteiger charge is -2.07. The Labute approximate surface area is 152 Å². The van der Waals surface area contributed by atoms with Crippen molar-refractivity contribution in [3.63, 3.8) is 0 Å². The molecule has 2 aromatic carbocycles. The molecule has 6 heteroatoms. The summed E-state index contributed by atoms with van der Waals surface area (Å²) in [6, 6.07) is 13.6. The van der Waals surface area contributed by atoms with E-state index in [0.717, 1.165) is 10.5 Å². The molecule has 0 aliphatic rings. The first-order valence-electron chi connectivity index (χ1n) is 7.86. The van der Waals surface area contributed by atoms with Crippen molar-refractivity contribution in [2.75, 3.05) is 20.0 Å². The van der Waals surface area contributed by atoms with Gasteiger partial charge in [0.2, 0.25) is 5.91 Å². The molecule has 1 amide bonds. The van der Waals surface area contributed by atoms with Gasteiger partial charge in [-0.2, -0.15) is 5.10 Å². The Morgan fingerprint density at radius 2 is 1.92 bits per heavy atom. The first-order chi connectivity index (χ1) is 12.1. The average molecular weight is 358 g/mol. The first-order valence-corrected chi connectivity index (χ1v) is 8.84. The first kappa shape index (κ1) is 18.9. The summed E-state index contributed by atoms with van der Waals surface area (Å²) < 4.78 is 10.4. The number of thioether (sulfide) groups is 1. The molecule has 0 bridgehead atoms. The maximum atomic E-state index is 11.8. The van der Waals surface area contributed by atoms with Crippen LogP contribution in [0.25, 0.3) is 0 Å². The highest BCUT2D eigenvalue weighted by Gasteiger charge is 2.04. The minimum atomic E-state index is -0.122. The summed E-state index contributed by atoms with van der Waals surface area (Å²) in [7, 11) is 3.17. The monoisotopic (exact) mass is 358 g/mol. The van der Waals surface area contributed by atoms with E-state index in [1.54, 1.807) is 38.3 Å². The van der Waals surface area contributed by atoms with Gasteiger partial charge in [0.05, 0.1) is 20.4 Å². The van der Waals surface area contributed by atoms with Gasteiger partial charge in [-0.05, 0) is 31.2 Å². The van der Waals surface area contributed by atoms with Crippen LogP contribution in [0.1, 0.15) is 17.5 Å². The van der Waals surface area contributed by atoms with Gasteiger partial charge in [-0.1, -0.05) is 17.7 Å². The molecule has 5 nitrogen and oxygen atoms in total. The summed E-state index contributed by atoms with van der Waals surface area (Å²) in [5.74, 6) is 1.91. The van der Waals surface area contributed by atoms with Gasteiger partial charge in [-0.3, -0.25) is 4.79 Å². The van der Waals surface area contributed by atoms with Crippen LogP contribution >= 0.6 is 11.8 Å². The van der Waals surface area contributed by atoms with E-state index >= 15 is 0 Å². The van der Waals surface area contributed by atoms with Crippen LogP contribution in [0.5, 0.6) is 11.5 Å². The van der Waals surface area contributed by atoms with Gasteiger partial charge in [-0.25, -0.2) is 5.43 Å². The maximum absolute atomic E-state index is 11.8. The van der Waals surface area contributed by atoms with Crippen molar-refractivity contribution in [1.82, 2.24) is 5.43 Å². The van der Waals surface area contributed by atoms with E-state index in [0.29, 0.717) is 23.7 Å². The third kappa shape index (κ3) is 6.15. The molecule has 25 heavy (non-hydrogen) atoms. The minimum Gasteiger partial charge on any atom is -0.497 e. The zero-order valence-electron chi connectivity index (χ0n) is 14.6. The van der Waals surface area contributed by atoms with Crippen molar-refractivity contribution in [2.45, 2.75) is 18.2 Å². The highest BCUT2D eigenvalue weighted by Crippen LogP contribution is 2.23. The molecule has 2 aromatic rings. The largest absolute Gasteiger partial charge is 0.497 e. The van der Waals surface area contributed by atoms with Gasteiger partial charge in [-0.15, -0.1) is 11.8 Å². The van der Waals surface area contributed by atoms with Crippen molar-refractivity contribution in [1.29, 1.82) is 0 Å². The van der Waals surface area contributed by atoms with Gasteiger partial charge in [0, 0.05) is 28.7 Å². The molecule has 0 unspecified atom stereocenters. The van der Waals surface area contributed by atoms with Crippen molar-refractivity contribution < 1.29 is 14.3 Å². The Morgan fingerprint density at radius 1 is 1.16 bits per heavy atom. The summed E-state index contributed by atoms with van der Waals surface area (Å²) in [6.45, 7) is 2.05. The lowest BCUT2D eigenvalue weighted by molar-refractivity contribution is -0.120. The molecule has 0 heterocycles. The predicted molar refractivity (Wildman–Crippen MR) is 102 cm³/mol. The number of amides is 1. The Hall–Kier alpha value is -2.47. The molecule has 0 fully saturated rings. The SMILES string of the molecule is COc1ccc(/C=N\NC(=O)CCSc2ccc(C)cc2)c(OC)c1. The van der Waals surface area contributed by atoms with E-state index in [1.807, 2.05) is 12.1 Å². The number of hydrogen-bond donors (Lipinski definition) is 1. The highest BCUT2D eigenvalue weighted by atomic mass is 32.2. The number of benzene rings is 2. The van der Waals surface area contributed by atoms with Crippen molar-refractivity contribution >= 4 is 23.9 Å². The van der Waals surface area contributed by atoms with Crippen LogP contribution in [0.4, 0.5) is 0 Å². The summed E-state index contributed by atoms with van der Waals surface area (Å²) in [5, 5.41) is 3.99. The number of hydrogen-bond acceptors (Lipinski definition) is 5. The normalized spacial score (nSPS) is 10.7. The summed E-state index contributed by atoms with van der Waals surface area (Å²) in [5.41, 5.74) is 4.53. The quantitative estimate of drug-likeness (QED) is 0.445. The van der Waals surface area contributed by atoms with E-state index in [-0.39, 0.29) is 5.91 Å². The van der Waals surface area contributed by atoms with E-state index < -0.39 is 0 Å². The second kappa shape index (κ2) is 9.74. The molecule has 132 valence electrons.